The Morgan fingerprint density at radius 3 is 2.31 bits per heavy atom. The van der Waals surface area contributed by atoms with Gasteiger partial charge in [0.05, 0.1) is 30.0 Å². The number of hydrogen-bond acceptors (Lipinski definition) is 5. The molecule has 0 spiro atoms. The quantitative estimate of drug-likeness (QED) is 0.379. The second-order valence-corrected chi connectivity index (χ2v) is 8.38. The van der Waals surface area contributed by atoms with Gasteiger partial charge in [-0.3, -0.25) is 9.59 Å². The summed E-state index contributed by atoms with van der Waals surface area (Å²) in [6.45, 7) is 0. The van der Waals surface area contributed by atoms with E-state index in [2.05, 4.69) is 10.6 Å². The van der Waals surface area contributed by atoms with Gasteiger partial charge in [-0.2, -0.15) is 0 Å². The molecule has 32 heavy (non-hydrogen) atoms. The molecule has 0 fully saturated rings. The summed E-state index contributed by atoms with van der Waals surface area (Å²) in [6, 6.07) is 17.1. The molecule has 0 unspecified atom stereocenters. The zero-order valence-electron chi connectivity index (χ0n) is 17.3. The molecule has 0 bridgehead atoms. The summed E-state index contributed by atoms with van der Waals surface area (Å²) >= 11 is 13.2. The van der Waals surface area contributed by atoms with Gasteiger partial charge < -0.3 is 20.1 Å². The predicted molar refractivity (Wildman–Crippen MR) is 130 cm³/mol. The van der Waals surface area contributed by atoms with Gasteiger partial charge in [0.15, 0.2) is 11.5 Å². The number of hydrogen-bond donors (Lipinski definition) is 2. The Balaban J connectivity index is 1.59. The summed E-state index contributed by atoms with van der Waals surface area (Å²) < 4.78 is 10.4. The van der Waals surface area contributed by atoms with Crippen LogP contribution in [0.5, 0.6) is 11.5 Å². The average Bonchev–Trinajstić information content (AvgIpc) is 2.80. The third kappa shape index (κ3) is 6.32. The maximum Gasteiger partial charge on any atom is 0.255 e. The van der Waals surface area contributed by atoms with Crippen LogP contribution in [0.25, 0.3) is 0 Å². The molecule has 0 radical (unpaired) electrons. The van der Waals surface area contributed by atoms with Crippen LogP contribution in [0, 0.1) is 0 Å². The van der Waals surface area contributed by atoms with E-state index in [4.69, 9.17) is 32.7 Å². The third-order valence-electron chi connectivity index (χ3n) is 4.31. The van der Waals surface area contributed by atoms with E-state index < -0.39 is 0 Å². The predicted octanol–water partition coefficient (Wildman–Crippen LogP) is 5.99. The highest BCUT2D eigenvalue weighted by molar-refractivity contribution is 8.00. The van der Waals surface area contributed by atoms with Gasteiger partial charge in [-0.25, -0.2) is 0 Å². The zero-order chi connectivity index (χ0) is 23.1. The van der Waals surface area contributed by atoms with E-state index in [9.17, 15) is 9.59 Å². The van der Waals surface area contributed by atoms with E-state index in [1.54, 1.807) is 48.5 Å². The molecular formula is C23H20Cl2N2O4S. The SMILES string of the molecule is COc1ccc(C(=O)Nc2cccc(SCC(=O)Nc3ccc(Cl)c(Cl)c3)c2)cc1OC. The molecule has 2 amide bonds. The molecule has 0 saturated heterocycles. The maximum atomic E-state index is 12.6. The van der Waals surface area contributed by atoms with Crippen molar-refractivity contribution in [3.8, 4) is 11.5 Å². The van der Waals surface area contributed by atoms with E-state index in [1.807, 2.05) is 12.1 Å². The molecule has 6 nitrogen and oxygen atoms in total. The Morgan fingerprint density at radius 1 is 0.844 bits per heavy atom. The third-order valence-corrected chi connectivity index (χ3v) is 6.04. The number of benzene rings is 3. The Hall–Kier alpha value is -2.87. The van der Waals surface area contributed by atoms with Crippen molar-refractivity contribution in [3.63, 3.8) is 0 Å². The van der Waals surface area contributed by atoms with Gasteiger partial charge in [0.1, 0.15) is 0 Å². The number of methoxy groups -OCH3 is 2. The lowest BCUT2D eigenvalue weighted by Gasteiger charge is -2.11. The van der Waals surface area contributed by atoms with E-state index >= 15 is 0 Å². The van der Waals surface area contributed by atoms with Crippen molar-refractivity contribution >= 4 is 58.2 Å². The van der Waals surface area contributed by atoms with Gasteiger partial charge >= 0.3 is 0 Å². The van der Waals surface area contributed by atoms with Crippen LogP contribution in [-0.2, 0) is 4.79 Å². The Labute approximate surface area is 200 Å². The number of carbonyl (C=O) groups is 2. The van der Waals surface area contributed by atoms with Gasteiger partial charge in [-0.05, 0) is 54.6 Å². The smallest absolute Gasteiger partial charge is 0.255 e. The first kappa shape index (κ1) is 23.8. The van der Waals surface area contributed by atoms with Crippen molar-refractivity contribution in [2.75, 3.05) is 30.6 Å². The molecule has 9 heteroatoms. The van der Waals surface area contributed by atoms with Gasteiger partial charge in [-0.1, -0.05) is 29.3 Å². The number of ether oxygens (including phenoxy) is 2. The minimum atomic E-state index is -0.287. The number of anilines is 2. The Bertz CT molecular complexity index is 1140. The summed E-state index contributed by atoms with van der Waals surface area (Å²) in [6.07, 6.45) is 0. The molecule has 3 aromatic carbocycles. The second-order valence-electron chi connectivity index (χ2n) is 6.52. The lowest BCUT2D eigenvalue weighted by atomic mass is 10.2. The van der Waals surface area contributed by atoms with Gasteiger partial charge in [0.25, 0.3) is 5.91 Å². The zero-order valence-corrected chi connectivity index (χ0v) is 19.6. The summed E-state index contributed by atoms with van der Waals surface area (Å²) in [5, 5.41) is 6.42. The molecule has 0 aliphatic carbocycles. The van der Waals surface area contributed by atoms with Crippen LogP contribution in [0.3, 0.4) is 0 Å². The summed E-state index contributed by atoms with van der Waals surface area (Å²) in [4.78, 5) is 25.7. The van der Waals surface area contributed by atoms with Crippen LogP contribution in [0.4, 0.5) is 11.4 Å². The molecule has 0 aliphatic heterocycles. The van der Waals surface area contributed by atoms with E-state index in [0.717, 1.165) is 4.90 Å². The first-order chi connectivity index (χ1) is 15.4. The minimum absolute atomic E-state index is 0.187. The van der Waals surface area contributed by atoms with Crippen molar-refractivity contribution in [2.45, 2.75) is 4.90 Å². The number of halogens is 2. The molecule has 0 atom stereocenters. The Kier molecular flexibility index (Phi) is 8.27. The maximum absolute atomic E-state index is 12.6. The van der Waals surface area contributed by atoms with Crippen LogP contribution in [0.1, 0.15) is 10.4 Å². The Morgan fingerprint density at radius 2 is 1.59 bits per heavy atom. The number of amides is 2. The highest BCUT2D eigenvalue weighted by Gasteiger charge is 2.12. The molecule has 2 N–H and O–H groups in total. The molecule has 0 heterocycles. The van der Waals surface area contributed by atoms with Gasteiger partial charge in [-0.15, -0.1) is 11.8 Å². The minimum Gasteiger partial charge on any atom is -0.493 e. The molecule has 0 aromatic heterocycles. The van der Waals surface area contributed by atoms with Crippen molar-refractivity contribution in [1.29, 1.82) is 0 Å². The number of nitrogens with one attached hydrogen (secondary N) is 2. The first-order valence-corrected chi connectivity index (χ1v) is 11.1. The van der Waals surface area contributed by atoms with Crippen molar-refractivity contribution in [1.82, 2.24) is 0 Å². The number of rotatable bonds is 8. The fourth-order valence-corrected chi connectivity index (χ4v) is 3.82. The first-order valence-electron chi connectivity index (χ1n) is 9.40. The van der Waals surface area contributed by atoms with E-state index in [0.29, 0.717) is 38.5 Å². The van der Waals surface area contributed by atoms with Crippen LogP contribution in [-0.4, -0.2) is 31.8 Å². The molecule has 3 rings (SSSR count). The van der Waals surface area contributed by atoms with Crippen LogP contribution >= 0.6 is 35.0 Å². The summed E-state index contributed by atoms with van der Waals surface area (Å²) in [5.41, 5.74) is 1.61. The fourth-order valence-electron chi connectivity index (χ4n) is 2.76. The molecule has 0 saturated carbocycles. The van der Waals surface area contributed by atoms with E-state index in [-0.39, 0.29) is 17.6 Å². The lowest BCUT2D eigenvalue weighted by molar-refractivity contribution is -0.113. The highest BCUT2D eigenvalue weighted by atomic mass is 35.5. The number of thioether (sulfide) groups is 1. The van der Waals surface area contributed by atoms with Gasteiger partial charge in [0, 0.05) is 21.8 Å². The fraction of sp³-hybridized carbons (Fsp3) is 0.130. The summed E-state index contributed by atoms with van der Waals surface area (Å²) in [7, 11) is 3.05. The van der Waals surface area contributed by atoms with Crippen molar-refractivity contribution in [2.24, 2.45) is 0 Å². The molecule has 3 aromatic rings. The topological polar surface area (TPSA) is 76.7 Å². The van der Waals surface area contributed by atoms with Crippen molar-refractivity contribution in [3.05, 3.63) is 76.3 Å². The van der Waals surface area contributed by atoms with Crippen molar-refractivity contribution < 1.29 is 19.1 Å². The van der Waals surface area contributed by atoms with Gasteiger partial charge in [0.2, 0.25) is 5.91 Å². The van der Waals surface area contributed by atoms with Crippen LogP contribution in [0.2, 0.25) is 10.0 Å². The molecular weight excluding hydrogens is 471 g/mol. The van der Waals surface area contributed by atoms with Crippen LogP contribution < -0.4 is 20.1 Å². The number of carbonyl (C=O) groups excluding carboxylic acids is 2. The lowest BCUT2D eigenvalue weighted by Crippen LogP contribution is -2.14. The standard InChI is InChI=1S/C23H20Cl2N2O4S/c1-30-20-9-6-14(10-21(20)31-2)23(29)27-15-4-3-5-17(11-15)32-13-22(28)26-16-7-8-18(24)19(25)12-16/h3-12H,13H2,1-2H3,(H,26,28)(H,27,29). The van der Waals surface area contributed by atoms with E-state index in [1.165, 1.54) is 26.0 Å². The summed E-state index contributed by atoms with van der Waals surface area (Å²) in [5.74, 6) is 0.727. The average molecular weight is 491 g/mol. The molecule has 166 valence electrons. The second kappa shape index (κ2) is 11.1. The highest BCUT2D eigenvalue weighted by Crippen LogP contribution is 2.29. The monoisotopic (exact) mass is 490 g/mol. The molecule has 0 aliphatic rings. The van der Waals surface area contributed by atoms with Crippen LogP contribution in [0.15, 0.2) is 65.6 Å². The normalized spacial score (nSPS) is 10.4. The largest absolute Gasteiger partial charge is 0.493 e.